The predicted molar refractivity (Wildman–Crippen MR) is 69.0 cm³/mol. The lowest BCUT2D eigenvalue weighted by molar-refractivity contribution is 0.242. The smallest absolute Gasteiger partial charge is 0.119 e. The van der Waals surface area contributed by atoms with Gasteiger partial charge in [-0.2, -0.15) is 12.6 Å². The van der Waals surface area contributed by atoms with E-state index in [-0.39, 0.29) is 10.9 Å². The van der Waals surface area contributed by atoms with Gasteiger partial charge in [-0.05, 0) is 38.0 Å². The van der Waals surface area contributed by atoms with Gasteiger partial charge >= 0.3 is 0 Å². The van der Waals surface area contributed by atoms with Crippen LogP contribution in [0, 0.1) is 0 Å². The maximum absolute atomic E-state index is 5.58. The highest BCUT2D eigenvalue weighted by molar-refractivity contribution is 7.81. The molecule has 0 amide bonds. The van der Waals surface area contributed by atoms with Gasteiger partial charge in [-0.15, -0.1) is 0 Å². The van der Waals surface area contributed by atoms with Gasteiger partial charge in [0.05, 0.1) is 6.10 Å². The molecule has 0 aliphatic carbocycles. The van der Waals surface area contributed by atoms with E-state index in [1.54, 1.807) is 0 Å². The lowest BCUT2D eigenvalue weighted by atomic mass is 10.0. The Labute approximate surface area is 98.3 Å². The second-order valence-electron chi connectivity index (χ2n) is 4.80. The van der Waals surface area contributed by atoms with Gasteiger partial charge in [0.25, 0.3) is 0 Å². The Morgan fingerprint density at radius 2 is 1.73 bits per heavy atom. The molecule has 0 saturated heterocycles. The molecule has 0 unspecified atom stereocenters. The van der Waals surface area contributed by atoms with E-state index in [4.69, 9.17) is 4.74 Å². The summed E-state index contributed by atoms with van der Waals surface area (Å²) < 4.78 is 5.62. The molecular weight excluding hydrogens is 204 g/mol. The van der Waals surface area contributed by atoms with Gasteiger partial charge in [0.15, 0.2) is 0 Å². The van der Waals surface area contributed by atoms with Crippen molar-refractivity contribution in [3.8, 4) is 5.75 Å². The zero-order valence-electron chi connectivity index (χ0n) is 9.95. The number of hydrogen-bond donors (Lipinski definition) is 1. The van der Waals surface area contributed by atoms with Crippen molar-refractivity contribution in [3.63, 3.8) is 0 Å². The van der Waals surface area contributed by atoms with Crippen molar-refractivity contribution in [1.82, 2.24) is 0 Å². The molecule has 0 aliphatic heterocycles. The normalized spacial score (nSPS) is 11.9. The van der Waals surface area contributed by atoms with Crippen molar-refractivity contribution in [3.05, 3.63) is 29.8 Å². The van der Waals surface area contributed by atoms with E-state index >= 15 is 0 Å². The van der Waals surface area contributed by atoms with E-state index < -0.39 is 0 Å². The lowest BCUT2D eigenvalue weighted by Gasteiger charge is -2.17. The van der Waals surface area contributed by atoms with Gasteiger partial charge < -0.3 is 4.74 Å². The Morgan fingerprint density at radius 3 is 2.13 bits per heavy atom. The molecule has 0 aromatic heterocycles. The van der Waals surface area contributed by atoms with Crippen LogP contribution in [0.1, 0.15) is 33.3 Å². The van der Waals surface area contributed by atoms with Crippen LogP contribution in [-0.2, 0) is 6.42 Å². The average Bonchev–Trinajstić information content (AvgIpc) is 2.05. The van der Waals surface area contributed by atoms with E-state index in [0.717, 1.165) is 12.2 Å². The minimum atomic E-state index is 0.0421. The zero-order chi connectivity index (χ0) is 11.5. The molecule has 2 heteroatoms. The maximum atomic E-state index is 5.58. The molecule has 0 radical (unpaired) electrons. The van der Waals surface area contributed by atoms with Crippen LogP contribution < -0.4 is 4.74 Å². The van der Waals surface area contributed by atoms with Crippen LogP contribution in [0.2, 0.25) is 0 Å². The molecule has 0 heterocycles. The quantitative estimate of drug-likeness (QED) is 0.767. The van der Waals surface area contributed by atoms with E-state index in [0.29, 0.717) is 0 Å². The van der Waals surface area contributed by atoms with Gasteiger partial charge in [0.2, 0.25) is 0 Å². The van der Waals surface area contributed by atoms with Crippen molar-refractivity contribution >= 4 is 12.6 Å². The standard InChI is InChI=1S/C13H20OS/c1-10(2)14-12-7-5-11(6-8-12)9-13(3,4)15/h5-8,10,15H,9H2,1-4H3. The average molecular weight is 224 g/mol. The summed E-state index contributed by atoms with van der Waals surface area (Å²) in [6.45, 7) is 8.30. The fourth-order valence-corrected chi connectivity index (χ4v) is 1.64. The molecule has 1 aromatic carbocycles. The van der Waals surface area contributed by atoms with Crippen molar-refractivity contribution in [2.24, 2.45) is 0 Å². The highest BCUT2D eigenvalue weighted by Crippen LogP contribution is 2.21. The molecule has 0 fully saturated rings. The van der Waals surface area contributed by atoms with Crippen molar-refractivity contribution in [1.29, 1.82) is 0 Å². The summed E-state index contributed by atoms with van der Waals surface area (Å²) in [5, 5.41) is 0. The second kappa shape index (κ2) is 4.93. The van der Waals surface area contributed by atoms with Crippen LogP contribution in [0.25, 0.3) is 0 Å². The summed E-state index contributed by atoms with van der Waals surface area (Å²) >= 11 is 4.52. The number of rotatable bonds is 4. The SMILES string of the molecule is CC(C)Oc1ccc(CC(C)(C)S)cc1. The highest BCUT2D eigenvalue weighted by atomic mass is 32.1. The first-order valence-corrected chi connectivity index (χ1v) is 5.79. The van der Waals surface area contributed by atoms with E-state index in [2.05, 4.69) is 38.6 Å². The van der Waals surface area contributed by atoms with Gasteiger partial charge in [-0.1, -0.05) is 26.0 Å². The Kier molecular flexibility index (Phi) is 4.09. The fourth-order valence-electron chi connectivity index (χ4n) is 1.46. The fraction of sp³-hybridized carbons (Fsp3) is 0.538. The van der Waals surface area contributed by atoms with Gasteiger partial charge in [-0.25, -0.2) is 0 Å². The Hall–Kier alpha value is -0.630. The van der Waals surface area contributed by atoms with Crippen molar-refractivity contribution in [2.75, 3.05) is 0 Å². The van der Waals surface area contributed by atoms with Crippen LogP contribution in [0.5, 0.6) is 5.75 Å². The Balaban J connectivity index is 2.64. The van der Waals surface area contributed by atoms with Crippen LogP contribution in [0.4, 0.5) is 0 Å². The van der Waals surface area contributed by atoms with Crippen LogP contribution in [-0.4, -0.2) is 10.9 Å². The van der Waals surface area contributed by atoms with Crippen molar-refractivity contribution in [2.45, 2.75) is 45.0 Å². The molecule has 1 nitrogen and oxygen atoms in total. The second-order valence-corrected chi connectivity index (χ2v) is 6.01. The molecule has 84 valence electrons. The molecule has 1 aromatic rings. The summed E-state index contributed by atoms with van der Waals surface area (Å²) in [5.74, 6) is 0.936. The molecule has 0 atom stereocenters. The molecule has 0 N–H and O–H groups in total. The Morgan fingerprint density at radius 1 is 1.20 bits per heavy atom. The summed E-state index contributed by atoms with van der Waals surface area (Å²) in [4.78, 5) is 0. The first-order chi connectivity index (χ1) is 6.87. The zero-order valence-corrected chi connectivity index (χ0v) is 10.8. The van der Waals surface area contributed by atoms with E-state index in [9.17, 15) is 0 Å². The molecule has 0 saturated carbocycles. The number of thiol groups is 1. The summed E-state index contributed by atoms with van der Waals surface area (Å²) in [5.41, 5.74) is 1.30. The maximum Gasteiger partial charge on any atom is 0.119 e. The Bertz CT molecular complexity index is 295. The largest absolute Gasteiger partial charge is 0.491 e. The van der Waals surface area contributed by atoms with Crippen LogP contribution in [0.15, 0.2) is 24.3 Å². The summed E-state index contributed by atoms with van der Waals surface area (Å²) in [6.07, 6.45) is 1.20. The van der Waals surface area contributed by atoms with E-state index in [1.807, 2.05) is 26.0 Å². The third-order valence-electron chi connectivity index (χ3n) is 1.93. The third kappa shape index (κ3) is 5.12. The molecule has 15 heavy (non-hydrogen) atoms. The molecular formula is C13H20OS. The van der Waals surface area contributed by atoms with E-state index in [1.165, 1.54) is 5.56 Å². The van der Waals surface area contributed by atoms with Gasteiger partial charge in [0, 0.05) is 4.75 Å². The molecule has 1 rings (SSSR count). The molecule has 0 spiro atoms. The predicted octanol–water partition coefficient (Wildman–Crippen LogP) is 3.72. The third-order valence-corrected chi connectivity index (χ3v) is 2.09. The molecule has 0 aliphatic rings. The summed E-state index contributed by atoms with van der Waals surface area (Å²) in [7, 11) is 0. The first kappa shape index (κ1) is 12.4. The van der Waals surface area contributed by atoms with Crippen molar-refractivity contribution < 1.29 is 4.74 Å². The summed E-state index contributed by atoms with van der Waals surface area (Å²) in [6, 6.07) is 8.26. The molecule has 0 bridgehead atoms. The highest BCUT2D eigenvalue weighted by Gasteiger charge is 2.12. The topological polar surface area (TPSA) is 9.23 Å². The van der Waals surface area contributed by atoms with Crippen LogP contribution >= 0.6 is 12.6 Å². The monoisotopic (exact) mass is 224 g/mol. The number of ether oxygens (including phenoxy) is 1. The lowest BCUT2D eigenvalue weighted by Crippen LogP contribution is -2.14. The minimum Gasteiger partial charge on any atom is -0.491 e. The van der Waals surface area contributed by atoms with Gasteiger partial charge in [0.1, 0.15) is 5.75 Å². The first-order valence-electron chi connectivity index (χ1n) is 5.35. The minimum absolute atomic E-state index is 0.0421. The van der Waals surface area contributed by atoms with Crippen LogP contribution in [0.3, 0.4) is 0 Å². The number of hydrogen-bond acceptors (Lipinski definition) is 2. The van der Waals surface area contributed by atoms with Gasteiger partial charge in [-0.3, -0.25) is 0 Å². The number of benzene rings is 1.